The van der Waals surface area contributed by atoms with Crippen LogP contribution in [-0.2, 0) is 0 Å². The first kappa shape index (κ1) is 19.3. The van der Waals surface area contributed by atoms with Crippen molar-refractivity contribution < 1.29 is 0 Å². The molecule has 0 saturated carbocycles. The molecule has 1 atom stereocenters. The van der Waals surface area contributed by atoms with Crippen molar-refractivity contribution in [2.75, 3.05) is 18.5 Å². The van der Waals surface area contributed by atoms with Crippen molar-refractivity contribution >= 4 is 31.8 Å². The third-order valence-corrected chi connectivity index (χ3v) is 10.0. The van der Waals surface area contributed by atoms with Crippen molar-refractivity contribution in [3.63, 3.8) is 0 Å². The molecule has 0 saturated heterocycles. The van der Waals surface area contributed by atoms with Crippen LogP contribution < -0.4 is 15.9 Å². The largest absolute Gasteiger partial charge is 0.0753 e. The monoisotopic (exact) mass is 378 g/mol. The van der Waals surface area contributed by atoms with Gasteiger partial charge in [0.05, 0.1) is 0 Å². The minimum atomic E-state index is -0.249. The molecule has 0 aliphatic rings. The highest BCUT2D eigenvalue weighted by Gasteiger charge is 2.15. The smallest absolute Gasteiger partial charge is 0.0195 e. The van der Waals surface area contributed by atoms with Crippen molar-refractivity contribution in [1.29, 1.82) is 0 Å². The van der Waals surface area contributed by atoms with Gasteiger partial charge >= 0.3 is 0 Å². The first-order valence-corrected chi connectivity index (χ1v) is 12.8. The van der Waals surface area contributed by atoms with E-state index < -0.39 is 0 Å². The Morgan fingerprint density at radius 2 is 1.00 bits per heavy atom. The fourth-order valence-electron chi connectivity index (χ4n) is 3.32. The lowest BCUT2D eigenvalue weighted by Crippen LogP contribution is -2.15. The van der Waals surface area contributed by atoms with Gasteiger partial charge in [-0.2, -0.15) is 0 Å². The van der Waals surface area contributed by atoms with Crippen LogP contribution in [0.4, 0.5) is 0 Å². The molecule has 0 radical (unpaired) electrons. The summed E-state index contributed by atoms with van der Waals surface area (Å²) in [4.78, 5) is 0. The highest BCUT2D eigenvalue weighted by Crippen LogP contribution is 2.40. The van der Waals surface area contributed by atoms with E-state index in [4.69, 9.17) is 0 Å². The van der Waals surface area contributed by atoms with E-state index in [0.29, 0.717) is 0 Å². The van der Waals surface area contributed by atoms with E-state index in [2.05, 4.69) is 97.9 Å². The second-order valence-corrected chi connectivity index (χ2v) is 11.3. The maximum atomic E-state index is 2.33. The normalized spacial score (nSPS) is 12.2. The zero-order valence-corrected chi connectivity index (χ0v) is 17.4. The Bertz CT molecular complexity index is 701. The molecule has 3 aromatic rings. The molecule has 0 bridgehead atoms. The third-order valence-electron chi connectivity index (χ3n) is 4.56. The predicted molar refractivity (Wildman–Crippen MR) is 122 cm³/mol. The lowest BCUT2D eigenvalue weighted by molar-refractivity contribution is 1.06. The zero-order valence-electron chi connectivity index (χ0n) is 15.6. The molecular weight excluding hydrogens is 350 g/mol. The molecule has 0 aromatic heterocycles. The zero-order chi connectivity index (χ0) is 18.0. The minimum Gasteiger partial charge on any atom is -0.0753 e. The molecule has 0 nitrogen and oxygen atoms in total. The van der Waals surface area contributed by atoms with Gasteiger partial charge in [0, 0.05) is 0 Å². The average molecular weight is 378 g/mol. The Kier molecular flexibility index (Phi) is 7.87. The van der Waals surface area contributed by atoms with Crippen LogP contribution in [-0.4, -0.2) is 18.5 Å². The lowest BCUT2D eigenvalue weighted by atomic mass is 10.4. The van der Waals surface area contributed by atoms with Crippen LogP contribution in [0.25, 0.3) is 0 Å². The van der Waals surface area contributed by atoms with Gasteiger partial charge in [0.1, 0.15) is 0 Å². The SMILES string of the molecule is CCCP(CCCP(c1ccccc1)c1ccccc1)c1ccccc1. The summed E-state index contributed by atoms with van der Waals surface area (Å²) in [5, 5.41) is 4.59. The van der Waals surface area contributed by atoms with Crippen molar-refractivity contribution in [3.05, 3.63) is 91.0 Å². The molecular formula is C24H28P2. The predicted octanol–water partition coefficient (Wildman–Crippen LogP) is 5.73. The van der Waals surface area contributed by atoms with Gasteiger partial charge in [-0.05, 0) is 48.7 Å². The van der Waals surface area contributed by atoms with Crippen molar-refractivity contribution in [2.24, 2.45) is 0 Å². The van der Waals surface area contributed by atoms with Gasteiger partial charge in [0.15, 0.2) is 0 Å². The molecule has 0 amide bonds. The molecule has 0 aliphatic heterocycles. The Morgan fingerprint density at radius 1 is 0.538 bits per heavy atom. The molecule has 2 heteroatoms. The summed E-state index contributed by atoms with van der Waals surface area (Å²) in [5.41, 5.74) is 0. The molecule has 3 rings (SSSR count). The summed E-state index contributed by atoms with van der Waals surface area (Å²) in [6, 6.07) is 33.4. The second kappa shape index (κ2) is 10.6. The van der Waals surface area contributed by atoms with E-state index in [1.807, 2.05) is 0 Å². The highest BCUT2D eigenvalue weighted by atomic mass is 31.1. The van der Waals surface area contributed by atoms with Gasteiger partial charge in [-0.25, -0.2) is 0 Å². The first-order chi connectivity index (χ1) is 12.9. The van der Waals surface area contributed by atoms with Crippen LogP contribution in [0.5, 0.6) is 0 Å². The Labute approximate surface area is 161 Å². The topological polar surface area (TPSA) is 0 Å². The Balaban J connectivity index is 1.69. The maximum Gasteiger partial charge on any atom is -0.0195 e. The molecule has 1 unspecified atom stereocenters. The fourth-order valence-corrected chi connectivity index (χ4v) is 8.34. The van der Waals surface area contributed by atoms with E-state index in [-0.39, 0.29) is 15.8 Å². The van der Waals surface area contributed by atoms with Gasteiger partial charge in [0.2, 0.25) is 0 Å². The molecule has 26 heavy (non-hydrogen) atoms. The number of hydrogen-bond acceptors (Lipinski definition) is 0. The second-order valence-electron chi connectivity index (χ2n) is 6.50. The Hall–Kier alpha value is -1.48. The summed E-state index contributed by atoms with van der Waals surface area (Å²) >= 11 is 0. The average Bonchev–Trinajstić information content (AvgIpc) is 2.72. The van der Waals surface area contributed by atoms with E-state index in [1.165, 1.54) is 41.9 Å². The standard InChI is InChI=1S/C24H28P2/c1-2-19-25(22-13-6-3-7-14-22)20-12-21-26(23-15-8-4-9-16-23)24-17-10-5-11-18-24/h3-11,13-18H,2,12,19-21H2,1H3. The van der Waals surface area contributed by atoms with E-state index in [1.54, 1.807) is 5.30 Å². The van der Waals surface area contributed by atoms with Crippen molar-refractivity contribution in [3.8, 4) is 0 Å². The van der Waals surface area contributed by atoms with Crippen LogP contribution >= 0.6 is 15.8 Å². The molecule has 134 valence electrons. The molecule has 0 heterocycles. The van der Waals surface area contributed by atoms with Crippen LogP contribution in [0.15, 0.2) is 91.0 Å². The van der Waals surface area contributed by atoms with Crippen molar-refractivity contribution in [2.45, 2.75) is 19.8 Å². The van der Waals surface area contributed by atoms with Gasteiger partial charge in [-0.1, -0.05) is 112 Å². The summed E-state index contributed by atoms with van der Waals surface area (Å²) in [7, 11) is -0.263. The van der Waals surface area contributed by atoms with E-state index >= 15 is 0 Å². The highest BCUT2D eigenvalue weighted by molar-refractivity contribution is 7.73. The number of rotatable bonds is 9. The van der Waals surface area contributed by atoms with Gasteiger partial charge < -0.3 is 0 Å². The van der Waals surface area contributed by atoms with E-state index in [9.17, 15) is 0 Å². The fraction of sp³-hybridized carbons (Fsp3) is 0.250. The maximum absolute atomic E-state index is 2.33. The first-order valence-electron chi connectivity index (χ1n) is 9.56. The molecule has 0 fully saturated rings. The van der Waals surface area contributed by atoms with Crippen LogP contribution in [0, 0.1) is 0 Å². The van der Waals surface area contributed by atoms with Crippen LogP contribution in [0.1, 0.15) is 19.8 Å². The lowest BCUT2D eigenvalue weighted by Gasteiger charge is -2.21. The molecule has 0 aliphatic carbocycles. The van der Waals surface area contributed by atoms with E-state index in [0.717, 1.165) is 0 Å². The van der Waals surface area contributed by atoms with Gasteiger partial charge in [-0.3, -0.25) is 0 Å². The summed E-state index contributed by atoms with van der Waals surface area (Å²) in [5.74, 6) is 0. The quantitative estimate of drug-likeness (QED) is 0.417. The van der Waals surface area contributed by atoms with Crippen molar-refractivity contribution in [1.82, 2.24) is 0 Å². The number of benzene rings is 3. The van der Waals surface area contributed by atoms with Crippen LogP contribution in [0.3, 0.4) is 0 Å². The van der Waals surface area contributed by atoms with Gasteiger partial charge in [0.25, 0.3) is 0 Å². The molecule has 3 aromatic carbocycles. The molecule has 0 spiro atoms. The van der Waals surface area contributed by atoms with Gasteiger partial charge in [-0.15, -0.1) is 0 Å². The third kappa shape index (κ3) is 5.51. The van der Waals surface area contributed by atoms with Crippen LogP contribution in [0.2, 0.25) is 0 Å². The number of hydrogen-bond donors (Lipinski definition) is 0. The summed E-state index contributed by atoms with van der Waals surface area (Å²) < 4.78 is 0. The summed E-state index contributed by atoms with van der Waals surface area (Å²) in [6.07, 6.45) is 6.60. The minimum absolute atomic E-state index is 0.0140. The molecule has 0 N–H and O–H groups in total. The Morgan fingerprint density at radius 3 is 1.46 bits per heavy atom. The summed E-state index contributed by atoms with van der Waals surface area (Å²) in [6.45, 7) is 2.32.